The van der Waals surface area contributed by atoms with Crippen LogP contribution in [0.4, 0.5) is 10.5 Å². The maximum atomic E-state index is 13.1. The van der Waals surface area contributed by atoms with Crippen LogP contribution < -0.4 is 4.90 Å². The fraction of sp³-hybridized carbons (Fsp3) is 0.556. The second-order valence-corrected chi connectivity index (χ2v) is 8.16. The predicted octanol–water partition coefficient (Wildman–Crippen LogP) is 3.74. The molecular formula is C18H23BrN2O3. The summed E-state index contributed by atoms with van der Waals surface area (Å²) in [6.45, 7) is 6.75. The van der Waals surface area contributed by atoms with Crippen molar-refractivity contribution in [2.75, 3.05) is 18.0 Å². The third-order valence-corrected chi connectivity index (χ3v) is 5.15. The fourth-order valence-electron chi connectivity index (χ4n) is 3.36. The van der Waals surface area contributed by atoms with Crippen molar-refractivity contribution in [2.45, 2.75) is 51.7 Å². The molecule has 2 aliphatic heterocycles. The van der Waals surface area contributed by atoms with Gasteiger partial charge in [-0.05, 0) is 57.7 Å². The van der Waals surface area contributed by atoms with Crippen molar-refractivity contribution in [3.05, 3.63) is 28.2 Å². The number of nitrogens with zero attached hydrogens (tertiary/aromatic N) is 2. The van der Waals surface area contributed by atoms with Gasteiger partial charge in [-0.1, -0.05) is 22.0 Å². The average Bonchev–Trinajstić information content (AvgIpc) is 3.12. The minimum absolute atomic E-state index is 0.00444. The second-order valence-electron chi connectivity index (χ2n) is 7.31. The Kier molecular flexibility index (Phi) is 4.60. The number of amides is 2. The van der Waals surface area contributed by atoms with Crippen LogP contribution in [0.3, 0.4) is 0 Å². The van der Waals surface area contributed by atoms with Crippen molar-refractivity contribution in [1.82, 2.24) is 4.90 Å². The van der Waals surface area contributed by atoms with Gasteiger partial charge < -0.3 is 9.64 Å². The molecule has 0 aromatic heterocycles. The molecule has 0 aliphatic carbocycles. The molecule has 0 saturated carbocycles. The first-order valence-electron chi connectivity index (χ1n) is 8.36. The van der Waals surface area contributed by atoms with Crippen LogP contribution in [-0.4, -0.2) is 41.6 Å². The fourth-order valence-corrected chi connectivity index (χ4v) is 3.92. The van der Waals surface area contributed by atoms with Crippen molar-refractivity contribution < 1.29 is 14.3 Å². The molecule has 2 heterocycles. The standard InChI is InChI=1S/C18H23BrN2O3/c1-18(2,3)24-17(23)21-10-5-8-15(21)16(22)20-11-9-12-13(19)6-4-7-14(12)20/h4,6-7,15H,5,8-11H2,1-3H3/t15-/m0/s1. The molecule has 0 unspecified atom stereocenters. The van der Waals surface area contributed by atoms with Crippen LogP contribution in [0.1, 0.15) is 39.2 Å². The van der Waals surface area contributed by atoms with E-state index in [2.05, 4.69) is 15.9 Å². The van der Waals surface area contributed by atoms with Crippen molar-refractivity contribution in [3.8, 4) is 0 Å². The first-order chi connectivity index (χ1) is 11.3. The smallest absolute Gasteiger partial charge is 0.410 e. The largest absolute Gasteiger partial charge is 0.444 e. The van der Waals surface area contributed by atoms with E-state index < -0.39 is 17.7 Å². The summed E-state index contributed by atoms with van der Waals surface area (Å²) in [5.74, 6) is -0.00444. The summed E-state index contributed by atoms with van der Waals surface area (Å²) in [5, 5.41) is 0. The zero-order valence-electron chi connectivity index (χ0n) is 14.3. The molecular weight excluding hydrogens is 372 g/mol. The Hall–Kier alpha value is -1.56. The van der Waals surface area contributed by atoms with Crippen LogP contribution in [0.2, 0.25) is 0 Å². The van der Waals surface area contributed by atoms with Crippen molar-refractivity contribution in [3.63, 3.8) is 0 Å². The van der Waals surface area contributed by atoms with Crippen molar-refractivity contribution in [1.29, 1.82) is 0 Å². The highest BCUT2D eigenvalue weighted by atomic mass is 79.9. The molecule has 24 heavy (non-hydrogen) atoms. The Morgan fingerprint density at radius 3 is 2.71 bits per heavy atom. The van der Waals surface area contributed by atoms with Crippen LogP contribution >= 0.6 is 15.9 Å². The maximum Gasteiger partial charge on any atom is 0.410 e. The van der Waals surface area contributed by atoms with Crippen LogP contribution in [0.15, 0.2) is 22.7 Å². The minimum Gasteiger partial charge on any atom is -0.444 e. The lowest BCUT2D eigenvalue weighted by Crippen LogP contribution is -2.48. The summed E-state index contributed by atoms with van der Waals surface area (Å²) in [5.41, 5.74) is 1.55. The van der Waals surface area contributed by atoms with E-state index in [1.165, 1.54) is 0 Å². The Labute approximate surface area is 151 Å². The molecule has 0 radical (unpaired) electrons. The van der Waals surface area contributed by atoms with Gasteiger partial charge in [0.15, 0.2) is 0 Å². The Morgan fingerprint density at radius 1 is 1.25 bits per heavy atom. The van der Waals surface area contributed by atoms with Crippen LogP contribution in [0, 0.1) is 0 Å². The number of rotatable bonds is 1. The molecule has 0 spiro atoms. The van der Waals surface area contributed by atoms with Gasteiger partial charge in [-0.15, -0.1) is 0 Å². The zero-order chi connectivity index (χ0) is 17.5. The maximum absolute atomic E-state index is 13.1. The summed E-state index contributed by atoms with van der Waals surface area (Å²) in [6.07, 6.45) is 1.96. The lowest BCUT2D eigenvalue weighted by atomic mass is 10.1. The van der Waals surface area contributed by atoms with Crippen LogP contribution in [0.5, 0.6) is 0 Å². The van der Waals surface area contributed by atoms with Gasteiger partial charge in [-0.25, -0.2) is 4.79 Å². The number of carbonyl (C=O) groups excluding carboxylic acids is 2. The summed E-state index contributed by atoms with van der Waals surface area (Å²) in [6, 6.07) is 5.48. The summed E-state index contributed by atoms with van der Waals surface area (Å²) >= 11 is 3.55. The predicted molar refractivity (Wildman–Crippen MR) is 96.2 cm³/mol. The minimum atomic E-state index is -0.557. The normalized spacial score (nSPS) is 20.2. The SMILES string of the molecule is CC(C)(C)OC(=O)N1CCC[C@H]1C(=O)N1CCc2c(Br)cccc21. The van der Waals surface area contributed by atoms with Gasteiger partial charge in [-0.2, -0.15) is 0 Å². The topological polar surface area (TPSA) is 49.9 Å². The van der Waals surface area contributed by atoms with E-state index in [1.807, 2.05) is 43.9 Å². The van der Waals surface area contributed by atoms with E-state index in [4.69, 9.17) is 4.74 Å². The van der Waals surface area contributed by atoms with E-state index in [0.29, 0.717) is 19.5 Å². The van der Waals surface area contributed by atoms with Crippen LogP contribution in [-0.2, 0) is 16.0 Å². The van der Waals surface area contributed by atoms with Crippen LogP contribution in [0.25, 0.3) is 0 Å². The molecule has 1 fully saturated rings. The Balaban J connectivity index is 1.78. The molecule has 130 valence electrons. The number of halogens is 1. The highest BCUT2D eigenvalue weighted by molar-refractivity contribution is 9.10. The Bertz CT molecular complexity index is 669. The molecule has 3 rings (SSSR count). The summed E-state index contributed by atoms with van der Waals surface area (Å²) < 4.78 is 6.50. The monoisotopic (exact) mass is 394 g/mol. The Morgan fingerprint density at radius 2 is 2.00 bits per heavy atom. The molecule has 0 N–H and O–H groups in total. The van der Waals surface area contributed by atoms with Gasteiger partial charge in [0.1, 0.15) is 11.6 Å². The first-order valence-corrected chi connectivity index (χ1v) is 9.15. The van der Waals surface area contributed by atoms with Crippen molar-refractivity contribution >= 4 is 33.6 Å². The number of likely N-dealkylation sites (tertiary alicyclic amines) is 1. The number of ether oxygens (including phenoxy) is 1. The van der Waals surface area contributed by atoms with Crippen molar-refractivity contribution in [2.24, 2.45) is 0 Å². The molecule has 6 heteroatoms. The third kappa shape index (κ3) is 3.29. The quantitative estimate of drug-likeness (QED) is 0.728. The molecule has 5 nitrogen and oxygen atoms in total. The summed E-state index contributed by atoms with van der Waals surface area (Å²) in [7, 11) is 0. The highest BCUT2D eigenvalue weighted by Crippen LogP contribution is 2.35. The van der Waals surface area contributed by atoms with E-state index in [-0.39, 0.29) is 5.91 Å². The summed E-state index contributed by atoms with van der Waals surface area (Å²) in [4.78, 5) is 28.9. The zero-order valence-corrected chi connectivity index (χ0v) is 15.9. The second kappa shape index (κ2) is 6.39. The number of fused-ring (bicyclic) bond motifs is 1. The van der Waals surface area contributed by atoms with Gasteiger partial charge in [0.25, 0.3) is 0 Å². The van der Waals surface area contributed by atoms with Gasteiger partial charge in [0.05, 0.1) is 0 Å². The number of benzene rings is 1. The molecule has 2 amide bonds. The molecule has 1 aromatic rings. The number of hydrogen-bond donors (Lipinski definition) is 0. The number of carbonyl (C=O) groups is 2. The van der Waals surface area contributed by atoms with E-state index in [1.54, 1.807) is 4.90 Å². The van der Waals surface area contributed by atoms with E-state index >= 15 is 0 Å². The van der Waals surface area contributed by atoms with Gasteiger partial charge >= 0.3 is 6.09 Å². The lowest BCUT2D eigenvalue weighted by Gasteiger charge is -2.30. The lowest BCUT2D eigenvalue weighted by molar-refractivity contribution is -0.122. The van der Waals surface area contributed by atoms with Gasteiger partial charge in [-0.3, -0.25) is 9.69 Å². The highest BCUT2D eigenvalue weighted by Gasteiger charge is 2.40. The molecule has 1 aromatic carbocycles. The van der Waals surface area contributed by atoms with E-state index in [9.17, 15) is 9.59 Å². The third-order valence-electron chi connectivity index (χ3n) is 4.40. The molecule has 1 saturated heterocycles. The van der Waals surface area contributed by atoms with Gasteiger partial charge in [0.2, 0.25) is 5.91 Å². The molecule has 1 atom stereocenters. The van der Waals surface area contributed by atoms with Gasteiger partial charge in [0, 0.05) is 23.2 Å². The number of anilines is 1. The number of hydrogen-bond acceptors (Lipinski definition) is 3. The average molecular weight is 395 g/mol. The molecule has 0 bridgehead atoms. The first kappa shape index (κ1) is 17.3. The van der Waals surface area contributed by atoms with E-state index in [0.717, 1.165) is 28.6 Å². The molecule has 2 aliphatic rings.